The van der Waals surface area contributed by atoms with Crippen LogP contribution in [0.3, 0.4) is 0 Å². The molecule has 0 aliphatic carbocycles. The monoisotopic (exact) mass is 252 g/mol. The number of hydrogen-bond acceptors (Lipinski definition) is 2. The summed E-state index contributed by atoms with van der Waals surface area (Å²) in [5.74, 6) is 0. The second kappa shape index (κ2) is 5.45. The van der Waals surface area contributed by atoms with Crippen molar-refractivity contribution in [3.8, 4) is 0 Å². The number of nitrogens with two attached hydrogens (primary N) is 1. The average Bonchev–Trinajstić information content (AvgIpc) is 2.48. The van der Waals surface area contributed by atoms with Gasteiger partial charge in [0.05, 0.1) is 0 Å². The molecule has 2 N–H and O–H groups in total. The molecule has 1 aliphatic rings. The lowest BCUT2D eigenvalue weighted by molar-refractivity contribution is 0.731. The molecule has 2 nitrogen and oxygen atoms in total. The highest BCUT2D eigenvalue weighted by Gasteiger charge is 2.15. The molecule has 0 amide bonds. The molecule has 2 aromatic carbocycles. The number of nitrogens with zero attached hydrogens (tertiary/aromatic N) is 1. The molecule has 1 aliphatic heterocycles. The van der Waals surface area contributed by atoms with Crippen molar-refractivity contribution in [2.75, 3.05) is 18.0 Å². The molecule has 0 fully saturated rings. The summed E-state index contributed by atoms with van der Waals surface area (Å²) in [6.07, 6.45) is 2.10. The molecule has 19 heavy (non-hydrogen) atoms. The number of hydrogen-bond donors (Lipinski definition) is 1. The Balaban J connectivity index is 1.77. The SMILES string of the molecule is NCCc1ccc(N2CCc3ccccc3C2)cc1. The molecule has 0 radical (unpaired) electrons. The number of benzene rings is 2. The summed E-state index contributed by atoms with van der Waals surface area (Å²) in [4.78, 5) is 2.45. The number of fused-ring (bicyclic) bond motifs is 1. The van der Waals surface area contributed by atoms with Gasteiger partial charge in [0.1, 0.15) is 0 Å². The fourth-order valence-corrected chi connectivity index (χ4v) is 2.76. The normalized spacial score (nSPS) is 14.3. The van der Waals surface area contributed by atoms with Crippen molar-refractivity contribution in [3.05, 3.63) is 65.2 Å². The largest absolute Gasteiger partial charge is 0.367 e. The minimum Gasteiger partial charge on any atom is -0.367 e. The summed E-state index contributed by atoms with van der Waals surface area (Å²) >= 11 is 0. The highest BCUT2D eigenvalue weighted by atomic mass is 15.1. The molecule has 0 saturated heterocycles. The van der Waals surface area contributed by atoms with Crippen LogP contribution in [0.15, 0.2) is 48.5 Å². The van der Waals surface area contributed by atoms with Gasteiger partial charge < -0.3 is 10.6 Å². The smallest absolute Gasteiger partial charge is 0.0432 e. The van der Waals surface area contributed by atoms with Crippen molar-refractivity contribution in [3.63, 3.8) is 0 Å². The molecule has 0 spiro atoms. The summed E-state index contributed by atoms with van der Waals surface area (Å²) in [6, 6.07) is 17.6. The third kappa shape index (κ3) is 2.64. The molecule has 0 aromatic heterocycles. The van der Waals surface area contributed by atoms with Crippen molar-refractivity contribution >= 4 is 5.69 Å². The first-order valence-corrected chi connectivity index (χ1v) is 6.97. The third-order valence-corrected chi connectivity index (χ3v) is 3.87. The standard InChI is InChI=1S/C17H20N2/c18-11-9-14-5-7-17(8-6-14)19-12-10-15-3-1-2-4-16(15)13-19/h1-8H,9-13,18H2. The maximum Gasteiger partial charge on any atom is 0.0432 e. The van der Waals surface area contributed by atoms with Crippen LogP contribution in [0, 0.1) is 0 Å². The van der Waals surface area contributed by atoms with Gasteiger partial charge in [-0.1, -0.05) is 36.4 Å². The van der Waals surface area contributed by atoms with Crippen LogP contribution in [0.2, 0.25) is 0 Å². The van der Waals surface area contributed by atoms with Gasteiger partial charge in [-0.2, -0.15) is 0 Å². The maximum atomic E-state index is 5.58. The van der Waals surface area contributed by atoms with Gasteiger partial charge in [-0.3, -0.25) is 0 Å². The molecule has 2 heteroatoms. The Morgan fingerprint density at radius 3 is 2.42 bits per heavy atom. The van der Waals surface area contributed by atoms with Crippen LogP contribution in [0.5, 0.6) is 0 Å². The van der Waals surface area contributed by atoms with E-state index in [2.05, 4.69) is 53.4 Å². The molecular formula is C17H20N2. The van der Waals surface area contributed by atoms with Crippen LogP contribution >= 0.6 is 0 Å². The van der Waals surface area contributed by atoms with Gasteiger partial charge in [-0.15, -0.1) is 0 Å². The summed E-state index contributed by atoms with van der Waals surface area (Å²) in [6.45, 7) is 2.84. The van der Waals surface area contributed by atoms with Crippen LogP contribution in [-0.4, -0.2) is 13.1 Å². The van der Waals surface area contributed by atoms with E-state index in [0.29, 0.717) is 0 Å². The van der Waals surface area contributed by atoms with Crippen molar-refractivity contribution in [2.45, 2.75) is 19.4 Å². The van der Waals surface area contributed by atoms with E-state index < -0.39 is 0 Å². The summed E-state index contributed by atoms with van der Waals surface area (Å²) < 4.78 is 0. The predicted molar refractivity (Wildman–Crippen MR) is 80.4 cm³/mol. The van der Waals surface area contributed by atoms with Crippen molar-refractivity contribution in [1.82, 2.24) is 0 Å². The lowest BCUT2D eigenvalue weighted by Gasteiger charge is -2.30. The Kier molecular flexibility index (Phi) is 3.51. The lowest BCUT2D eigenvalue weighted by atomic mass is 9.99. The Morgan fingerprint density at radius 2 is 1.68 bits per heavy atom. The third-order valence-electron chi connectivity index (χ3n) is 3.87. The van der Waals surface area contributed by atoms with Crippen molar-refractivity contribution in [1.29, 1.82) is 0 Å². The van der Waals surface area contributed by atoms with E-state index >= 15 is 0 Å². The second-order valence-corrected chi connectivity index (χ2v) is 5.15. The van der Waals surface area contributed by atoms with Crippen molar-refractivity contribution < 1.29 is 0 Å². The van der Waals surface area contributed by atoms with E-state index in [-0.39, 0.29) is 0 Å². The van der Waals surface area contributed by atoms with Crippen LogP contribution in [-0.2, 0) is 19.4 Å². The van der Waals surface area contributed by atoms with Gasteiger partial charge in [0.25, 0.3) is 0 Å². The van der Waals surface area contributed by atoms with Gasteiger partial charge in [0.15, 0.2) is 0 Å². The highest BCUT2D eigenvalue weighted by molar-refractivity contribution is 5.50. The zero-order valence-electron chi connectivity index (χ0n) is 11.2. The molecule has 1 heterocycles. The fourth-order valence-electron chi connectivity index (χ4n) is 2.76. The van der Waals surface area contributed by atoms with E-state index in [9.17, 15) is 0 Å². The molecule has 0 saturated carbocycles. The van der Waals surface area contributed by atoms with Gasteiger partial charge in [-0.05, 0) is 48.2 Å². The quantitative estimate of drug-likeness (QED) is 0.910. The molecule has 98 valence electrons. The number of rotatable bonds is 3. The van der Waals surface area contributed by atoms with E-state index in [0.717, 1.165) is 32.5 Å². The molecule has 3 rings (SSSR count). The summed E-state index contributed by atoms with van der Waals surface area (Å²) in [5.41, 5.74) is 11.2. The molecule has 2 aromatic rings. The Labute approximate surface area is 114 Å². The van der Waals surface area contributed by atoms with Crippen LogP contribution in [0.1, 0.15) is 16.7 Å². The zero-order chi connectivity index (χ0) is 13.1. The van der Waals surface area contributed by atoms with E-state index in [4.69, 9.17) is 5.73 Å². The van der Waals surface area contributed by atoms with E-state index in [1.165, 1.54) is 22.4 Å². The first-order chi connectivity index (χ1) is 9.36. The average molecular weight is 252 g/mol. The summed E-state index contributed by atoms with van der Waals surface area (Å²) in [7, 11) is 0. The van der Waals surface area contributed by atoms with Gasteiger partial charge in [-0.25, -0.2) is 0 Å². The predicted octanol–water partition coefficient (Wildman–Crippen LogP) is 2.75. The molecular weight excluding hydrogens is 232 g/mol. The van der Waals surface area contributed by atoms with Gasteiger partial charge in [0.2, 0.25) is 0 Å². The minimum atomic E-state index is 0.719. The fraction of sp³-hybridized carbons (Fsp3) is 0.294. The van der Waals surface area contributed by atoms with Gasteiger partial charge >= 0.3 is 0 Å². The zero-order valence-corrected chi connectivity index (χ0v) is 11.2. The molecule has 0 bridgehead atoms. The Morgan fingerprint density at radius 1 is 0.947 bits per heavy atom. The van der Waals surface area contributed by atoms with Crippen LogP contribution < -0.4 is 10.6 Å². The van der Waals surface area contributed by atoms with Crippen molar-refractivity contribution in [2.24, 2.45) is 5.73 Å². The topological polar surface area (TPSA) is 29.3 Å². The molecule has 0 unspecified atom stereocenters. The lowest BCUT2D eigenvalue weighted by Crippen LogP contribution is -2.30. The maximum absolute atomic E-state index is 5.58. The van der Waals surface area contributed by atoms with E-state index in [1.807, 2.05) is 0 Å². The van der Waals surface area contributed by atoms with Crippen LogP contribution in [0.4, 0.5) is 5.69 Å². The second-order valence-electron chi connectivity index (χ2n) is 5.15. The van der Waals surface area contributed by atoms with Gasteiger partial charge in [0, 0.05) is 18.8 Å². The first kappa shape index (κ1) is 12.2. The van der Waals surface area contributed by atoms with Crippen LogP contribution in [0.25, 0.3) is 0 Å². The van der Waals surface area contributed by atoms with E-state index in [1.54, 1.807) is 0 Å². The Hall–Kier alpha value is -1.80. The number of anilines is 1. The minimum absolute atomic E-state index is 0.719. The first-order valence-electron chi connectivity index (χ1n) is 6.97. The molecule has 0 atom stereocenters. The summed E-state index contributed by atoms with van der Waals surface area (Å²) in [5, 5.41) is 0. The highest BCUT2D eigenvalue weighted by Crippen LogP contribution is 2.24. The Bertz CT molecular complexity index is 545.